The minimum absolute atomic E-state index is 0.0833. The number of nitrogens with one attached hydrogen (secondary N) is 2. The number of rotatable bonds is 9. The Morgan fingerprint density at radius 1 is 1.18 bits per heavy atom. The minimum atomic E-state index is -4.44. The van der Waals surface area contributed by atoms with Gasteiger partial charge in [-0.05, 0) is 24.6 Å². The summed E-state index contributed by atoms with van der Waals surface area (Å²) in [6, 6.07) is 3.34. The molecule has 0 aliphatic heterocycles. The van der Waals surface area contributed by atoms with E-state index in [1.54, 1.807) is 36.9 Å². The van der Waals surface area contributed by atoms with Crippen molar-refractivity contribution in [2.75, 3.05) is 19.7 Å². The molecule has 3 heterocycles. The van der Waals surface area contributed by atoms with Gasteiger partial charge in [-0.3, -0.25) is 19.3 Å². The van der Waals surface area contributed by atoms with Crippen LogP contribution in [-0.2, 0) is 11.3 Å². The van der Waals surface area contributed by atoms with Crippen molar-refractivity contribution in [1.29, 1.82) is 0 Å². The second-order valence-corrected chi connectivity index (χ2v) is 7.25. The molecule has 3 aromatic rings. The van der Waals surface area contributed by atoms with Gasteiger partial charge in [0.05, 0.1) is 17.4 Å². The number of hydrogen-bond donors (Lipinski definition) is 2. The number of carbonyl (C=O) groups excluding carboxylic acids is 2. The maximum Gasteiger partial charge on any atom is 0.422 e. The number of amides is 2. The first kappa shape index (κ1) is 24.0. The van der Waals surface area contributed by atoms with Gasteiger partial charge in [-0.25, -0.2) is 4.98 Å². The van der Waals surface area contributed by atoms with E-state index in [1.165, 1.54) is 12.4 Å². The lowest BCUT2D eigenvalue weighted by Crippen LogP contribution is -2.34. The number of carbonyl (C=O) groups is 2. The number of ether oxygens (including phenoxy) is 1. The third kappa shape index (κ3) is 6.64. The van der Waals surface area contributed by atoms with Crippen molar-refractivity contribution in [2.24, 2.45) is 0 Å². The maximum absolute atomic E-state index is 12.5. The van der Waals surface area contributed by atoms with Crippen molar-refractivity contribution < 1.29 is 27.5 Å². The second-order valence-electron chi connectivity index (χ2n) is 7.25. The topological polar surface area (TPSA) is 111 Å². The predicted molar refractivity (Wildman–Crippen MR) is 113 cm³/mol. The summed E-state index contributed by atoms with van der Waals surface area (Å²) < 4.78 is 43.4. The van der Waals surface area contributed by atoms with Crippen LogP contribution in [0.25, 0.3) is 10.9 Å². The molecular weight excluding hydrogens is 441 g/mol. The molecule has 176 valence electrons. The summed E-state index contributed by atoms with van der Waals surface area (Å²) in [7, 11) is 0. The van der Waals surface area contributed by atoms with Crippen LogP contribution in [0.1, 0.15) is 35.0 Å². The standard InChI is InChI=1S/C21H23F3N6O3/c1-3-17(31)25-6-7-27-19(32)18-15-11-30(29-16(15)4-5-26-18)10-14-8-13(2)20(28-9-14)33-12-21(22,23)24/h4-5,8-9,11H,3,6-7,10,12H2,1-2H3,(H,25,31)(H,27,32). The number of halogens is 3. The highest BCUT2D eigenvalue weighted by atomic mass is 19.4. The monoisotopic (exact) mass is 464 g/mol. The molecular formula is C21H23F3N6O3. The SMILES string of the molecule is CCC(=O)NCCNC(=O)c1nccc2nn(Cc3cnc(OCC(F)(F)F)c(C)c3)cc12. The first-order valence-electron chi connectivity index (χ1n) is 10.2. The van der Waals surface area contributed by atoms with E-state index in [1.807, 2.05) is 0 Å². The van der Waals surface area contributed by atoms with Crippen LogP contribution in [0.2, 0.25) is 0 Å². The number of alkyl halides is 3. The Labute approximate surface area is 187 Å². The Hall–Kier alpha value is -3.70. The van der Waals surface area contributed by atoms with Gasteiger partial charge in [0.2, 0.25) is 11.8 Å². The van der Waals surface area contributed by atoms with Crippen LogP contribution < -0.4 is 15.4 Å². The maximum atomic E-state index is 12.5. The van der Waals surface area contributed by atoms with Gasteiger partial charge in [-0.15, -0.1) is 0 Å². The van der Waals surface area contributed by atoms with Crippen LogP contribution in [0.3, 0.4) is 0 Å². The molecule has 0 aromatic carbocycles. The van der Waals surface area contributed by atoms with Crippen LogP contribution in [0.4, 0.5) is 13.2 Å². The van der Waals surface area contributed by atoms with E-state index >= 15 is 0 Å². The van der Waals surface area contributed by atoms with Crippen LogP contribution in [0, 0.1) is 6.92 Å². The summed E-state index contributed by atoms with van der Waals surface area (Å²) in [5, 5.41) is 10.4. The fraction of sp³-hybridized carbons (Fsp3) is 0.381. The molecule has 0 radical (unpaired) electrons. The molecule has 2 N–H and O–H groups in total. The summed E-state index contributed by atoms with van der Waals surface area (Å²) in [5.74, 6) is -0.579. The summed E-state index contributed by atoms with van der Waals surface area (Å²) >= 11 is 0. The molecule has 0 atom stereocenters. The minimum Gasteiger partial charge on any atom is -0.468 e. The average molecular weight is 464 g/mol. The van der Waals surface area contributed by atoms with E-state index in [4.69, 9.17) is 4.74 Å². The van der Waals surface area contributed by atoms with Crippen LogP contribution in [-0.4, -0.2) is 57.4 Å². The van der Waals surface area contributed by atoms with Crippen molar-refractivity contribution in [3.63, 3.8) is 0 Å². The van der Waals surface area contributed by atoms with E-state index in [2.05, 4.69) is 25.7 Å². The zero-order valence-corrected chi connectivity index (χ0v) is 18.1. The van der Waals surface area contributed by atoms with Crippen LogP contribution in [0.5, 0.6) is 5.88 Å². The van der Waals surface area contributed by atoms with Gasteiger partial charge in [0, 0.05) is 43.7 Å². The number of fused-ring (bicyclic) bond motifs is 1. The van der Waals surface area contributed by atoms with Crippen molar-refractivity contribution in [3.05, 3.63) is 47.5 Å². The Kier molecular flexibility index (Phi) is 7.46. The number of hydrogen-bond acceptors (Lipinski definition) is 6. The van der Waals surface area contributed by atoms with Crippen molar-refractivity contribution in [2.45, 2.75) is 33.0 Å². The summed E-state index contributed by atoms with van der Waals surface area (Å²) in [5.41, 5.74) is 1.92. The van der Waals surface area contributed by atoms with Gasteiger partial charge in [0.15, 0.2) is 6.61 Å². The predicted octanol–water partition coefficient (Wildman–Crippen LogP) is 2.38. The Morgan fingerprint density at radius 2 is 1.94 bits per heavy atom. The lowest BCUT2D eigenvalue weighted by atomic mass is 10.2. The fourth-order valence-corrected chi connectivity index (χ4v) is 3.04. The molecule has 0 spiro atoms. The molecule has 9 nitrogen and oxygen atoms in total. The highest BCUT2D eigenvalue weighted by Gasteiger charge is 2.29. The lowest BCUT2D eigenvalue weighted by Gasteiger charge is -2.11. The quantitative estimate of drug-likeness (QED) is 0.471. The highest BCUT2D eigenvalue weighted by Crippen LogP contribution is 2.21. The van der Waals surface area contributed by atoms with Gasteiger partial charge in [0.1, 0.15) is 5.69 Å². The molecule has 0 saturated carbocycles. The van der Waals surface area contributed by atoms with Gasteiger partial charge in [0.25, 0.3) is 5.91 Å². The molecule has 0 unspecified atom stereocenters. The van der Waals surface area contributed by atoms with Crippen LogP contribution >= 0.6 is 0 Å². The zero-order chi connectivity index (χ0) is 24.0. The number of pyridine rings is 2. The summed E-state index contributed by atoms with van der Waals surface area (Å²) in [6.45, 7) is 2.79. The molecule has 0 saturated heterocycles. The molecule has 0 fully saturated rings. The van der Waals surface area contributed by atoms with Gasteiger partial charge < -0.3 is 15.4 Å². The van der Waals surface area contributed by atoms with Gasteiger partial charge in [-0.2, -0.15) is 18.3 Å². The molecule has 33 heavy (non-hydrogen) atoms. The van der Waals surface area contributed by atoms with E-state index in [0.29, 0.717) is 35.0 Å². The molecule has 0 aliphatic carbocycles. The van der Waals surface area contributed by atoms with E-state index in [0.717, 1.165) is 0 Å². The Bertz CT molecular complexity index is 1150. The molecule has 2 amide bonds. The van der Waals surface area contributed by atoms with E-state index < -0.39 is 18.7 Å². The first-order valence-corrected chi connectivity index (χ1v) is 10.2. The number of aryl methyl sites for hydroxylation is 1. The average Bonchev–Trinajstić information content (AvgIpc) is 3.17. The Balaban J connectivity index is 1.68. The smallest absolute Gasteiger partial charge is 0.422 e. The van der Waals surface area contributed by atoms with Crippen molar-refractivity contribution in [1.82, 2.24) is 30.4 Å². The van der Waals surface area contributed by atoms with Gasteiger partial charge in [-0.1, -0.05) is 6.92 Å². The summed E-state index contributed by atoms with van der Waals surface area (Å²) in [6.07, 6.45) is 0.489. The molecule has 3 rings (SSSR count). The van der Waals surface area contributed by atoms with Crippen molar-refractivity contribution >= 4 is 22.7 Å². The van der Waals surface area contributed by atoms with E-state index in [-0.39, 0.29) is 30.6 Å². The number of nitrogens with zero attached hydrogens (tertiary/aromatic N) is 4. The molecule has 0 aliphatic rings. The van der Waals surface area contributed by atoms with Gasteiger partial charge >= 0.3 is 6.18 Å². The zero-order valence-electron chi connectivity index (χ0n) is 18.1. The first-order chi connectivity index (χ1) is 15.7. The molecule has 0 bridgehead atoms. The molecule has 3 aromatic heterocycles. The third-order valence-electron chi connectivity index (χ3n) is 4.55. The second kappa shape index (κ2) is 10.3. The molecule has 12 heteroatoms. The Morgan fingerprint density at radius 3 is 2.64 bits per heavy atom. The third-order valence-corrected chi connectivity index (χ3v) is 4.55. The van der Waals surface area contributed by atoms with Crippen molar-refractivity contribution in [3.8, 4) is 5.88 Å². The summed E-state index contributed by atoms with van der Waals surface area (Å²) in [4.78, 5) is 31.9. The number of aromatic nitrogens is 4. The lowest BCUT2D eigenvalue weighted by molar-refractivity contribution is -0.154. The van der Waals surface area contributed by atoms with Crippen LogP contribution in [0.15, 0.2) is 30.7 Å². The fourth-order valence-electron chi connectivity index (χ4n) is 3.04. The van der Waals surface area contributed by atoms with E-state index in [9.17, 15) is 22.8 Å². The largest absolute Gasteiger partial charge is 0.468 e. The normalized spacial score (nSPS) is 11.4. The highest BCUT2D eigenvalue weighted by molar-refractivity contribution is 6.04.